The SMILES string of the molecule is CCn1cncc1COc1noc2ccc(Cc3ccc(COC(F)(F)F)cc3)cc12. The highest BCUT2D eigenvalue weighted by Crippen LogP contribution is 2.27. The molecule has 0 saturated carbocycles. The number of alkyl halides is 3. The highest BCUT2D eigenvalue weighted by Gasteiger charge is 2.28. The van der Waals surface area contributed by atoms with E-state index in [0.29, 0.717) is 30.1 Å². The summed E-state index contributed by atoms with van der Waals surface area (Å²) >= 11 is 0. The Bertz CT molecular complexity index is 1150. The van der Waals surface area contributed by atoms with Crippen LogP contribution in [0.4, 0.5) is 13.2 Å². The summed E-state index contributed by atoms with van der Waals surface area (Å²) in [7, 11) is 0. The molecule has 2 heterocycles. The van der Waals surface area contributed by atoms with Gasteiger partial charge in [-0.05, 0) is 47.3 Å². The molecule has 0 aliphatic heterocycles. The number of hydrogen-bond donors (Lipinski definition) is 0. The molecule has 0 atom stereocenters. The molecule has 0 aliphatic rings. The van der Waals surface area contributed by atoms with E-state index in [4.69, 9.17) is 9.26 Å². The number of benzene rings is 2. The van der Waals surface area contributed by atoms with Crippen LogP contribution in [0.1, 0.15) is 29.3 Å². The smallest absolute Gasteiger partial charge is 0.469 e. The third-order valence-corrected chi connectivity index (χ3v) is 4.83. The topological polar surface area (TPSA) is 62.3 Å². The van der Waals surface area contributed by atoms with Crippen LogP contribution in [0.5, 0.6) is 5.88 Å². The van der Waals surface area contributed by atoms with Gasteiger partial charge >= 0.3 is 6.36 Å². The Kier molecular flexibility index (Phi) is 5.94. The largest absolute Gasteiger partial charge is 0.522 e. The molecule has 4 rings (SSSR count). The maximum absolute atomic E-state index is 12.2. The third-order valence-electron chi connectivity index (χ3n) is 4.83. The van der Waals surface area contributed by atoms with Crippen LogP contribution in [-0.2, 0) is 30.9 Å². The number of ether oxygens (including phenoxy) is 2. The van der Waals surface area contributed by atoms with Crippen LogP contribution >= 0.6 is 0 Å². The van der Waals surface area contributed by atoms with Gasteiger partial charge in [-0.3, -0.25) is 4.74 Å². The molecule has 0 aliphatic carbocycles. The summed E-state index contributed by atoms with van der Waals surface area (Å²) in [5.41, 5.74) is 3.96. The van der Waals surface area contributed by atoms with Crippen LogP contribution in [0.25, 0.3) is 11.0 Å². The van der Waals surface area contributed by atoms with Gasteiger partial charge in [-0.1, -0.05) is 30.3 Å². The van der Waals surface area contributed by atoms with Gasteiger partial charge in [0.25, 0.3) is 5.88 Å². The molecule has 4 aromatic rings. The summed E-state index contributed by atoms with van der Waals surface area (Å²) < 4.78 is 53.5. The summed E-state index contributed by atoms with van der Waals surface area (Å²) in [5, 5.41) is 4.78. The normalized spacial score (nSPS) is 11.9. The molecule has 0 N–H and O–H groups in total. The molecule has 0 fully saturated rings. The highest BCUT2D eigenvalue weighted by atomic mass is 19.4. The first-order valence-electron chi connectivity index (χ1n) is 9.70. The number of imidazole rings is 1. The summed E-state index contributed by atoms with van der Waals surface area (Å²) in [5.74, 6) is 0.403. The molecule has 0 amide bonds. The van der Waals surface area contributed by atoms with Crippen molar-refractivity contribution in [1.82, 2.24) is 14.7 Å². The summed E-state index contributed by atoms with van der Waals surface area (Å²) in [6.45, 7) is 2.64. The lowest BCUT2D eigenvalue weighted by molar-refractivity contribution is -0.330. The summed E-state index contributed by atoms with van der Waals surface area (Å²) in [6, 6.07) is 12.5. The van der Waals surface area contributed by atoms with Gasteiger partial charge in [0.15, 0.2) is 5.58 Å². The molecule has 2 aromatic heterocycles. The fourth-order valence-electron chi connectivity index (χ4n) is 3.23. The molecule has 31 heavy (non-hydrogen) atoms. The zero-order valence-electron chi connectivity index (χ0n) is 16.7. The van der Waals surface area contributed by atoms with E-state index in [0.717, 1.165) is 28.8 Å². The Balaban J connectivity index is 1.44. The van der Waals surface area contributed by atoms with Crippen molar-refractivity contribution in [2.45, 2.75) is 39.5 Å². The van der Waals surface area contributed by atoms with Crippen LogP contribution < -0.4 is 4.74 Å². The standard InChI is InChI=1S/C22H20F3N3O3/c1-2-28-14-26-11-18(28)13-29-21-19-10-17(7-8-20(19)31-27-21)9-15-3-5-16(6-4-15)12-30-22(23,24)25/h3-8,10-11,14H,2,9,12-13H2,1H3. The zero-order valence-corrected chi connectivity index (χ0v) is 16.7. The second-order valence-electron chi connectivity index (χ2n) is 7.01. The Labute approximate surface area is 176 Å². The van der Waals surface area contributed by atoms with Gasteiger partial charge in [0, 0.05) is 6.54 Å². The first-order chi connectivity index (χ1) is 14.9. The van der Waals surface area contributed by atoms with Gasteiger partial charge in [0.2, 0.25) is 0 Å². The van der Waals surface area contributed by atoms with Crippen LogP contribution in [0.3, 0.4) is 0 Å². The van der Waals surface area contributed by atoms with Crippen molar-refractivity contribution in [3.63, 3.8) is 0 Å². The van der Waals surface area contributed by atoms with E-state index in [9.17, 15) is 13.2 Å². The van der Waals surface area contributed by atoms with Crippen molar-refractivity contribution >= 4 is 11.0 Å². The van der Waals surface area contributed by atoms with Gasteiger partial charge in [0.05, 0.1) is 30.2 Å². The molecule has 0 radical (unpaired) electrons. The maximum Gasteiger partial charge on any atom is 0.522 e. The average molecular weight is 431 g/mol. The van der Waals surface area contributed by atoms with Crippen LogP contribution in [0.15, 0.2) is 59.5 Å². The van der Waals surface area contributed by atoms with Crippen molar-refractivity contribution in [3.8, 4) is 5.88 Å². The number of fused-ring (bicyclic) bond motifs is 1. The molecule has 162 valence electrons. The molecule has 0 unspecified atom stereocenters. The summed E-state index contributed by atoms with van der Waals surface area (Å²) in [4.78, 5) is 4.12. The molecule has 9 heteroatoms. The van der Waals surface area contributed by atoms with E-state index >= 15 is 0 Å². The fourth-order valence-corrected chi connectivity index (χ4v) is 3.23. The van der Waals surface area contributed by atoms with E-state index in [1.165, 1.54) is 0 Å². The lowest BCUT2D eigenvalue weighted by Gasteiger charge is -2.08. The van der Waals surface area contributed by atoms with Gasteiger partial charge in [-0.25, -0.2) is 4.98 Å². The predicted octanol–water partition coefficient (Wildman–Crippen LogP) is 5.25. The van der Waals surface area contributed by atoms with Crippen molar-refractivity contribution in [2.24, 2.45) is 0 Å². The summed E-state index contributed by atoms with van der Waals surface area (Å²) in [6.07, 6.45) is -0.537. The number of rotatable bonds is 8. The number of aromatic nitrogens is 3. The first kappa shape index (κ1) is 20.9. The lowest BCUT2D eigenvalue weighted by Crippen LogP contribution is -2.12. The Morgan fingerprint density at radius 2 is 1.74 bits per heavy atom. The van der Waals surface area contributed by atoms with Gasteiger partial charge in [-0.2, -0.15) is 0 Å². The highest BCUT2D eigenvalue weighted by molar-refractivity contribution is 5.82. The average Bonchev–Trinajstić information content (AvgIpc) is 3.37. The van der Waals surface area contributed by atoms with Crippen LogP contribution in [-0.4, -0.2) is 21.1 Å². The number of aryl methyl sites for hydroxylation is 1. The second-order valence-corrected chi connectivity index (χ2v) is 7.01. The minimum Gasteiger partial charge on any atom is -0.469 e. The quantitative estimate of drug-likeness (QED) is 0.381. The molecular formula is C22H20F3N3O3. The number of nitrogens with zero attached hydrogens (tertiary/aromatic N) is 3. The van der Waals surface area contributed by atoms with Crippen molar-refractivity contribution in [2.75, 3.05) is 0 Å². The Hall–Kier alpha value is -3.33. The molecule has 2 aromatic carbocycles. The third kappa shape index (κ3) is 5.24. The monoisotopic (exact) mass is 431 g/mol. The van der Waals surface area contributed by atoms with Crippen LogP contribution in [0.2, 0.25) is 0 Å². The predicted molar refractivity (Wildman–Crippen MR) is 106 cm³/mol. The van der Waals surface area contributed by atoms with E-state index in [-0.39, 0.29) is 0 Å². The maximum atomic E-state index is 12.2. The minimum atomic E-state index is -4.64. The molecular weight excluding hydrogens is 411 g/mol. The number of hydrogen-bond acceptors (Lipinski definition) is 5. The van der Waals surface area contributed by atoms with E-state index in [1.54, 1.807) is 36.8 Å². The first-order valence-corrected chi connectivity index (χ1v) is 9.70. The minimum absolute atomic E-state index is 0.321. The van der Waals surface area contributed by atoms with Crippen molar-refractivity contribution in [1.29, 1.82) is 0 Å². The van der Waals surface area contributed by atoms with Crippen LogP contribution in [0, 0.1) is 0 Å². The Morgan fingerprint density at radius 3 is 2.48 bits per heavy atom. The molecule has 6 nitrogen and oxygen atoms in total. The van der Waals surface area contributed by atoms with Crippen molar-refractivity contribution < 1.29 is 27.2 Å². The van der Waals surface area contributed by atoms with E-state index < -0.39 is 13.0 Å². The second kappa shape index (κ2) is 8.81. The van der Waals surface area contributed by atoms with Gasteiger partial charge < -0.3 is 13.8 Å². The lowest BCUT2D eigenvalue weighted by atomic mass is 10.0. The van der Waals surface area contributed by atoms with Gasteiger partial charge in [0.1, 0.15) is 6.61 Å². The van der Waals surface area contributed by atoms with E-state index in [1.807, 2.05) is 29.7 Å². The molecule has 0 saturated heterocycles. The van der Waals surface area contributed by atoms with E-state index in [2.05, 4.69) is 14.9 Å². The van der Waals surface area contributed by atoms with Gasteiger partial charge in [-0.15, -0.1) is 13.2 Å². The number of halogens is 3. The molecule has 0 bridgehead atoms. The molecule has 0 spiro atoms. The fraction of sp³-hybridized carbons (Fsp3) is 0.273. The van der Waals surface area contributed by atoms with Crippen molar-refractivity contribution in [3.05, 3.63) is 77.4 Å². The zero-order chi connectivity index (χ0) is 21.8. The Morgan fingerprint density at radius 1 is 1.00 bits per heavy atom.